The minimum atomic E-state index is -1.13. The number of rotatable bonds is 6. The Labute approximate surface area is 98.2 Å². The fourth-order valence-electron chi connectivity index (χ4n) is 1.38. The van der Waals surface area contributed by atoms with Gasteiger partial charge in [0.25, 0.3) is 0 Å². The van der Waals surface area contributed by atoms with E-state index in [0.717, 1.165) is 0 Å². The molecule has 0 bridgehead atoms. The number of hydrogen-bond donors (Lipinski definition) is 4. The summed E-state index contributed by atoms with van der Waals surface area (Å²) in [6.07, 6.45) is -0.988. The number of carbonyl (C=O) groups is 1. The lowest BCUT2D eigenvalue weighted by Gasteiger charge is -2.16. The highest BCUT2D eigenvalue weighted by atomic mass is 16.4. The normalized spacial score (nSPS) is 14.3. The van der Waals surface area contributed by atoms with Crippen LogP contribution in [0.1, 0.15) is 23.8 Å². The van der Waals surface area contributed by atoms with E-state index < -0.39 is 18.2 Å². The standard InChI is InChI=1S/C11H15NO5/c13-4-3-9(14)11(17)7-1-2-8(12-6-7)5-10(15)16/h1-2,6,9,11,13-14,17H,3-5H2,(H,15,16). The van der Waals surface area contributed by atoms with E-state index in [1.165, 1.54) is 18.3 Å². The summed E-state index contributed by atoms with van der Waals surface area (Å²) >= 11 is 0. The van der Waals surface area contributed by atoms with Crippen LogP contribution in [0, 0.1) is 0 Å². The minimum Gasteiger partial charge on any atom is -0.481 e. The molecule has 1 rings (SSSR count). The molecule has 0 fully saturated rings. The predicted octanol–water partition coefficient (Wildman–Crippen LogP) is -0.515. The molecule has 0 saturated carbocycles. The van der Waals surface area contributed by atoms with Crippen molar-refractivity contribution in [2.45, 2.75) is 25.0 Å². The topological polar surface area (TPSA) is 111 Å². The van der Waals surface area contributed by atoms with E-state index in [2.05, 4.69) is 4.98 Å². The zero-order chi connectivity index (χ0) is 12.8. The molecule has 2 unspecified atom stereocenters. The second-order valence-corrected chi connectivity index (χ2v) is 3.68. The van der Waals surface area contributed by atoms with E-state index in [-0.39, 0.29) is 19.4 Å². The second-order valence-electron chi connectivity index (χ2n) is 3.68. The maximum atomic E-state index is 10.4. The van der Waals surface area contributed by atoms with Gasteiger partial charge in [0.05, 0.1) is 18.2 Å². The van der Waals surface area contributed by atoms with Crippen LogP contribution < -0.4 is 0 Å². The van der Waals surface area contributed by atoms with Crippen molar-refractivity contribution < 1.29 is 25.2 Å². The van der Waals surface area contributed by atoms with E-state index in [1.54, 1.807) is 0 Å². The number of aliphatic hydroxyl groups excluding tert-OH is 3. The minimum absolute atomic E-state index is 0.0675. The van der Waals surface area contributed by atoms with Gasteiger partial charge in [0.1, 0.15) is 6.10 Å². The highest BCUT2D eigenvalue weighted by Gasteiger charge is 2.18. The summed E-state index contributed by atoms with van der Waals surface area (Å²) in [4.78, 5) is 14.3. The molecule has 0 aliphatic heterocycles. The maximum absolute atomic E-state index is 10.4. The molecule has 6 nitrogen and oxygen atoms in total. The van der Waals surface area contributed by atoms with Gasteiger partial charge >= 0.3 is 5.97 Å². The van der Waals surface area contributed by atoms with Gasteiger partial charge in [-0.1, -0.05) is 6.07 Å². The second kappa shape index (κ2) is 6.29. The van der Waals surface area contributed by atoms with Gasteiger partial charge in [-0.2, -0.15) is 0 Å². The quantitative estimate of drug-likeness (QED) is 0.533. The zero-order valence-corrected chi connectivity index (χ0v) is 9.15. The Hall–Kier alpha value is -1.50. The van der Waals surface area contributed by atoms with Crippen LogP contribution in [0.3, 0.4) is 0 Å². The zero-order valence-electron chi connectivity index (χ0n) is 9.15. The molecule has 17 heavy (non-hydrogen) atoms. The molecule has 94 valence electrons. The fourth-order valence-corrected chi connectivity index (χ4v) is 1.38. The van der Waals surface area contributed by atoms with Crippen LogP contribution in [0.4, 0.5) is 0 Å². The van der Waals surface area contributed by atoms with Crippen molar-refractivity contribution in [1.82, 2.24) is 4.98 Å². The highest BCUT2D eigenvalue weighted by Crippen LogP contribution is 2.18. The van der Waals surface area contributed by atoms with Crippen molar-refractivity contribution in [3.05, 3.63) is 29.6 Å². The Bertz CT molecular complexity index is 365. The molecular formula is C11H15NO5. The number of pyridine rings is 1. The Morgan fingerprint density at radius 1 is 1.35 bits per heavy atom. The maximum Gasteiger partial charge on any atom is 0.309 e. The van der Waals surface area contributed by atoms with Crippen molar-refractivity contribution in [2.75, 3.05) is 6.61 Å². The van der Waals surface area contributed by atoms with Gasteiger partial charge in [0, 0.05) is 18.4 Å². The van der Waals surface area contributed by atoms with Crippen LogP contribution in [-0.2, 0) is 11.2 Å². The van der Waals surface area contributed by atoms with Crippen LogP contribution in [-0.4, -0.2) is 44.1 Å². The van der Waals surface area contributed by atoms with Gasteiger partial charge in [-0.15, -0.1) is 0 Å². The van der Waals surface area contributed by atoms with Gasteiger partial charge in [-0.3, -0.25) is 9.78 Å². The molecule has 0 radical (unpaired) electrons. The summed E-state index contributed by atoms with van der Waals surface area (Å²) in [5.41, 5.74) is 0.769. The molecule has 0 aliphatic carbocycles. The summed E-state index contributed by atoms with van der Waals surface area (Å²) in [5, 5.41) is 36.3. The van der Waals surface area contributed by atoms with Crippen molar-refractivity contribution in [1.29, 1.82) is 0 Å². The highest BCUT2D eigenvalue weighted by molar-refractivity contribution is 5.69. The predicted molar refractivity (Wildman–Crippen MR) is 58.2 cm³/mol. The molecule has 0 saturated heterocycles. The third-order valence-electron chi connectivity index (χ3n) is 2.31. The van der Waals surface area contributed by atoms with E-state index in [9.17, 15) is 15.0 Å². The first-order valence-corrected chi connectivity index (χ1v) is 5.18. The molecule has 0 amide bonds. The average Bonchev–Trinajstić information content (AvgIpc) is 2.28. The fraction of sp³-hybridized carbons (Fsp3) is 0.455. The van der Waals surface area contributed by atoms with Crippen LogP contribution in [0.25, 0.3) is 0 Å². The number of aliphatic hydroxyl groups is 3. The first-order chi connectivity index (χ1) is 8.04. The first kappa shape index (κ1) is 13.6. The molecule has 6 heteroatoms. The Balaban J connectivity index is 2.69. The Morgan fingerprint density at radius 2 is 2.06 bits per heavy atom. The van der Waals surface area contributed by atoms with Crippen LogP contribution >= 0.6 is 0 Å². The van der Waals surface area contributed by atoms with Gasteiger partial charge in [-0.25, -0.2) is 0 Å². The Kier molecular flexibility index (Phi) is 5.02. The van der Waals surface area contributed by atoms with Crippen LogP contribution in [0.15, 0.2) is 18.3 Å². The number of carboxylic acid groups (broad SMARTS) is 1. The molecule has 4 N–H and O–H groups in total. The number of aromatic nitrogens is 1. The monoisotopic (exact) mass is 241 g/mol. The van der Waals surface area contributed by atoms with E-state index in [4.69, 9.17) is 10.2 Å². The largest absolute Gasteiger partial charge is 0.481 e. The summed E-state index contributed by atoms with van der Waals surface area (Å²) in [5.74, 6) is -0.980. The molecule has 0 aliphatic rings. The number of carboxylic acids is 1. The van der Waals surface area contributed by atoms with Gasteiger partial charge in [0.15, 0.2) is 0 Å². The van der Waals surface area contributed by atoms with Gasteiger partial charge < -0.3 is 20.4 Å². The SMILES string of the molecule is O=C(O)Cc1ccc(C(O)C(O)CCO)cn1. The smallest absolute Gasteiger partial charge is 0.309 e. The molecule has 0 aromatic carbocycles. The third-order valence-corrected chi connectivity index (χ3v) is 2.31. The Morgan fingerprint density at radius 3 is 2.53 bits per heavy atom. The summed E-state index contributed by atoms with van der Waals surface area (Å²) in [6, 6.07) is 2.99. The number of aliphatic carboxylic acids is 1. The summed E-state index contributed by atoms with van der Waals surface area (Å²) < 4.78 is 0. The van der Waals surface area contributed by atoms with Crippen molar-refractivity contribution in [2.24, 2.45) is 0 Å². The van der Waals surface area contributed by atoms with E-state index in [1.807, 2.05) is 0 Å². The lowest BCUT2D eigenvalue weighted by molar-refractivity contribution is -0.136. The van der Waals surface area contributed by atoms with E-state index >= 15 is 0 Å². The summed E-state index contributed by atoms with van der Waals surface area (Å²) in [7, 11) is 0. The van der Waals surface area contributed by atoms with Crippen LogP contribution in [0.2, 0.25) is 0 Å². The first-order valence-electron chi connectivity index (χ1n) is 5.18. The molecule has 1 aromatic rings. The lowest BCUT2D eigenvalue weighted by Crippen LogP contribution is -2.19. The van der Waals surface area contributed by atoms with Crippen molar-refractivity contribution in [3.63, 3.8) is 0 Å². The molecule has 1 heterocycles. The van der Waals surface area contributed by atoms with Gasteiger partial charge in [-0.05, 0) is 12.5 Å². The van der Waals surface area contributed by atoms with Crippen molar-refractivity contribution in [3.8, 4) is 0 Å². The third kappa shape index (κ3) is 4.10. The molecular weight excluding hydrogens is 226 g/mol. The average molecular weight is 241 g/mol. The number of hydrogen-bond acceptors (Lipinski definition) is 5. The lowest BCUT2D eigenvalue weighted by atomic mass is 10.0. The van der Waals surface area contributed by atoms with Gasteiger partial charge in [0.2, 0.25) is 0 Å². The van der Waals surface area contributed by atoms with E-state index in [0.29, 0.717) is 11.3 Å². The molecule has 1 aromatic heterocycles. The number of nitrogens with zero attached hydrogens (tertiary/aromatic N) is 1. The van der Waals surface area contributed by atoms with Crippen LogP contribution in [0.5, 0.6) is 0 Å². The van der Waals surface area contributed by atoms with Crippen molar-refractivity contribution >= 4 is 5.97 Å². The molecule has 0 spiro atoms. The summed E-state index contributed by atoms with van der Waals surface area (Å²) in [6.45, 7) is -0.219. The molecule has 2 atom stereocenters.